The highest BCUT2D eigenvalue weighted by Gasteiger charge is 2.20. The minimum absolute atomic E-state index is 0.110. The Morgan fingerprint density at radius 3 is 2.93 bits per heavy atom. The van der Waals surface area contributed by atoms with Crippen LogP contribution in [0, 0.1) is 0 Å². The van der Waals surface area contributed by atoms with Gasteiger partial charge in [-0.2, -0.15) is 0 Å². The molecular weight excluding hydrogens is 374 g/mol. The SMILES string of the molecule is CC1Cc2cc(-c3cc(COC(=O)CSCc4ccccc4)no3)ccc2O1. The molecule has 0 saturated heterocycles. The predicted molar refractivity (Wildman–Crippen MR) is 108 cm³/mol. The van der Waals surface area contributed by atoms with Crippen LogP contribution in [-0.2, 0) is 28.3 Å². The van der Waals surface area contributed by atoms with Gasteiger partial charge in [0.1, 0.15) is 24.2 Å². The molecule has 2 heterocycles. The number of thioether (sulfide) groups is 1. The first-order chi connectivity index (χ1) is 13.7. The third-order valence-electron chi connectivity index (χ3n) is 4.45. The Kier molecular flexibility index (Phi) is 5.67. The Bertz CT molecular complexity index is 954. The number of benzene rings is 2. The number of nitrogens with zero attached hydrogens (tertiary/aromatic N) is 1. The molecule has 0 amide bonds. The molecule has 0 spiro atoms. The summed E-state index contributed by atoms with van der Waals surface area (Å²) in [7, 11) is 0. The maximum Gasteiger partial charge on any atom is 0.316 e. The van der Waals surface area contributed by atoms with Crippen molar-refractivity contribution in [2.75, 3.05) is 5.75 Å². The van der Waals surface area contributed by atoms with E-state index in [2.05, 4.69) is 18.1 Å². The Labute approximate surface area is 168 Å². The van der Waals surface area contributed by atoms with E-state index in [0.29, 0.717) is 17.2 Å². The number of esters is 1. The number of carbonyl (C=O) groups excluding carboxylic acids is 1. The average Bonchev–Trinajstić information content (AvgIpc) is 3.32. The van der Waals surface area contributed by atoms with Crippen molar-refractivity contribution in [3.8, 4) is 17.1 Å². The van der Waals surface area contributed by atoms with Gasteiger partial charge in [0.25, 0.3) is 0 Å². The van der Waals surface area contributed by atoms with Crippen LogP contribution >= 0.6 is 11.8 Å². The first kappa shape index (κ1) is 18.6. The van der Waals surface area contributed by atoms with E-state index in [1.807, 2.05) is 48.5 Å². The Morgan fingerprint density at radius 2 is 2.07 bits per heavy atom. The van der Waals surface area contributed by atoms with Crippen molar-refractivity contribution in [3.05, 3.63) is 71.4 Å². The molecule has 5 nitrogen and oxygen atoms in total. The van der Waals surface area contributed by atoms with E-state index in [1.165, 1.54) is 22.9 Å². The summed E-state index contributed by atoms with van der Waals surface area (Å²) in [4.78, 5) is 11.9. The average molecular weight is 395 g/mol. The molecule has 144 valence electrons. The second-order valence-electron chi connectivity index (χ2n) is 6.78. The van der Waals surface area contributed by atoms with E-state index in [-0.39, 0.29) is 18.7 Å². The van der Waals surface area contributed by atoms with Gasteiger partial charge in [0, 0.05) is 23.8 Å². The molecule has 1 unspecified atom stereocenters. The lowest BCUT2D eigenvalue weighted by Gasteiger charge is -2.03. The topological polar surface area (TPSA) is 61.6 Å². The highest BCUT2D eigenvalue weighted by Crippen LogP contribution is 2.33. The van der Waals surface area contributed by atoms with E-state index in [4.69, 9.17) is 14.0 Å². The highest BCUT2D eigenvalue weighted by molar-refractivity contribution is 7.99. The molecule has 0 N–H and O–H groups in total. The fourth-order valence-electron chi connectivity index (χ4n) is 3.11. The summed E-state index contributed by atoms with van der Waals surface area (Å²) in [5.74, 6) is 2.42. The van der Waals surface area contributed by atoms with Crippen LogP contribution < -0.4 is 4.74 Å². The maximum absolute atomic E-state index is 11.9. The van der Waals surface area contributed by atoms with Crippen molar-refractivity contribution in [1.29, 1.82) is 0 Å². The number of hydrogen-bond acceptors (Lipinski definition) is 6. The summed E-state index contributed by atoms with van der Waals surface area (Å²) in [6.07, 6.45) is 1.09. The third-order valence-corrected chi connectivity index (χ3v) is 5.43. The van der Waals surface area contributed by atoms with Crippen LogP contribution in [0.1, 0.15) is 23.7 Å². The zero-order valence-corrected chi connectivity index (χ0v) is 16.4. The number of ether oxygens (including phenoxy) is 2. The van der Waals surface area contributed by atoms with E-state index >= 15 is 0 Å². The highest BCUT2D eigenvalue weighted by atomic mass is 32.2. The fraction of sp³-hybridized carbons (Fsp3) is 0.273. The lowest BCUT2D eigenvalue weighted by atomic mass is 10.1. The first-order valence-electron chi connectivity index (χ1n) is 9.20. The predicted octanol–water partition coefficient (Wildman–Crippen LogP) is 4.64. The van der Waals surface area contributed by atoms with Crippen molar-refractivity contribution < 1.29 is 18.8 Å². The number of hydrogen-bond donors (Lipinski definition) is 0. The van der Waals surface area contributed by atoms with Crippen molar-refractivity contribution in [3.63, 3.8) is 0 Å². The molecule has 1 aliphatic rings. The second-order valence-corrected chi connectivity index (χ2v) is 7.76. The molecule has 1 atom stereocenters. The molecule has 0 bridgehead atoms. The molecule has 0 fully saturated rings. The molecule has 2 aromatic carbocycles. The van der Waals surface area contributed by atoms with Crippen molar-refractivity contribution in [2.45, 2.75) is 31.8 Å². The van der Waals surface area contributed by atoms with Gasteiger partial charge in [-0.25, -0.2) is 0 Å². The van der Waals surface area contributed by atoms with Crippen LogP contribution in [0.25, 0.3) is 11.3 Å². The monoisotopic (exact) mass is 395 g/mol. The van der Waals surface area contributed by atoms with Crippen molar-refractivity contribution in [1.82, 2.24) is 5.16 Å². The molecular formula is C22H21NO4S. The molecule has 28 heavy (non-hydrogen) atoms. The van der Waals surface area contributed by atoms with Gasteiger partial charge in [-0.3, -0.25) is 4.79 Å². The fourth-order valence-corrected chi connectivity index (χ4v) is 3.89. The summed E-state index contributed by atoms with van der Waals surface area (Å²) in [6.45, 7) is 2.16. The summed E-state index contributed by atoms with van der Waals surface area (Å²) < 4.78 is 16.4. The van der Waals surface area contributed by atoms with Crippen LogP contribution in [0.3, 0.4) is 0 Å². The van der Waals surface area contributed by atoms with E-state index in [1.54, 1.807) is 0 Å². The van der Waals surface area contributed by atoms with Crippen LogP contribution in [0.5, 0.6) is 5.75 Å². The first-order valence-corrected chi connectivity index (χ1v) is 10.4. The van der Waals surface area contributed by atoms with Gasteiger partial charge < -0.3 is 14.0 Å². The molecule has 0 radical (unpaired) electrons. The van der Waals surface area contributed by atoms with Gasteiger partial charge in [0.05, 0.1) is 5.75 Å². The Balaban J connectivity index is 1.27. The van der Waals surface area contributed by atoms with Crippen LogP contribution in [0.15, 0.2) is 59.1 Å². The van der Waals surface area contributed by atoms with Crippen LogP contribution in [0.4, 0.5) is 0 Å². The zero-order chi connectivity index (χ0) is 19.3. The summed E-state index contributed by atoms with van der Waals surface area (Å²) >= 11 is 1.53. The lowest BCUT2D eigenvalue weighted by molar-refractivity contribution is -0.141. The van der Waals surface area contributed by atoms with E-state index < -0.39 is 0 Å². The van der Waals surface area contributed by atoms with Gasteiger partial charge >= 0.3 is 5.97 Å². The van der Waals surface area contributed by atoms with Crippen LogP contribution in [0.2, 0.25) is 0 Å². The summed E-state index contributed by atoms with van der Waals surface area (Å²) in [5.41, 5.74) is 3.90. The maximum atomic E-state index is 11.9. The molecule has 6 heteroatoms. The zero-order valence-electron chi connectivity index (χ0n) is 15.6. The molecule has 3 aromatic rings. The van der Waals surface area contributed by atoms with E-state index in [0.717, 1.165) is 23.5 Å². The number of fused-ring (bicyclic) bond motifs is 1. The van der Waals surface area contributed by atoms with Gasteiger partial charge in [-0.15, -0.1) is 11.8 Å². The van der Waals surface area contributed by atoms with Crippen molar-refractivity contribution in [2.24, 2.45) is 0 Å². The third kappa shape index (κ3) is 4.57. The Morgan fingerprint density at radius 1 is 1.21 bits per heavy atom. The lowest BCUT2D eigenvalue weighted by Crippen LogP contribution is -2.07. The number of aromatic nitrogens is 1. The van der Waals surface area contributed by atoms with Gasteiger partial charge in [-0.05, 0) is 36.2 Å². The molecule has 0 saturated carbocycles. The largest absolute Gasteiger partial charge is 0.490 e. The molecule has 1 aliphatic heterocycles. The van der Waals surface area contributed by atoms with Gasteiger partial charge in [0.2, 0.25) is 0 Å². The minimum Gasteiger partial charge on any atom is -0.490 e. The minimum atomic E-state index is -0.255. The standard InChI is InChI=1S/C22H21NO4S/c1-15-9-18-10-17(7-8-20(18)26-15)21-11-19(23-27-21)12-25-22(24)14-28-13-16-5-3-2-4-6-16/h2-8,10-11,15H,9,12-14H2,1H3. The van der Waals surface area contributed by atoms with Gasteiger partial charge in [-0.1, -0.05) is 35.5 Å². The van der Waals surface area contributed by atoms with Crippen LogP contribution in [-0.4, -0.2) is 23.0 Å². The quantitative estimate of drug-likeness (QED) is 0.543. The van der Waals surface area contributed by atoms with Crippen molar-refractivity contribution >= 4 is 17.7 Å². The smallest absolute Gasteiger partial charge is 0.316 e. The normalized spacial score (nSPS) is 15.1. The Hall–Kier alpha value is -2.73. The summed E-state index contributed by atoms with van der Waals surface area (Å²) in [5, 5.41) is 4.01. The van der Waals surface area contributed by atoms with Gasteiger partial charge in [0.15, 0.2) is 5.76 Å². The van der Waals surface area contributed by atoms with E-state index in [9.17, 15) is 4.79 Å². The summed E-state index contributed by atoms with van der Waals surface area (Å²) in [6, 6.07) is 17.8. The number of rotatable bonds is 7. The second kappa shape index (κ2) is 8.52. The molecule has 0 aliphatic carbocycles. The number of carbonyl (C=O) groups is 1. The molecule has 1 aromatic heterocycles. The molecule has 4 rings (SSSR count).